The van der Waals surface area contributed by atoms with Gasteiger partial charge >= 0.3 is 5.97 Å². The summed E-state index contributed by atoms with van der Waals surface area (Å²) in [7, 11) is 2.70. The summed E-state index contributed by atoms with van der Waals surface area (Å²) in [6, 6.07) is 8.14. The van der Waals surface area contributed by atoms with Crippen molar-refractivity contribution in [3.63, 3.8) is 0 Å². The number of thioether (sulfide) groups is 1. The fourth-order valence-corrected chi connectivity index (χ4v) is 3.19. The molecule has 0 saturated carbocycles. The molecule has 0 radical (unpaired) electrons. The number of hydrogen-bond donors (Lipinski definition) is 0. The third-order valence-corrected chi connectivity index (χ3v) is 4.47. The molecule has 0 spiro atoms. The summed E-state index contributed by atoms with van der Waals surface area (Å²) in [6.45, 7) is 1.62. The van der Waals surface area contributed by atoms with Crippen LogP contribution in [-0.4, -0.2) is 30.2 Å². The van der Waals surface area contributed by atoms with E-state index in [9.17, 15) is 13.6 Å². The smallest absolute Gasteiger partial charge is 0.348 e. The molecule has 1 aromatic carbocycles. The molecule has 0 saturated heterocycles. The van der Waals surface area contributed by atoms with Gasteiger partial charge in [0.05, 0.1) is 14.2 Å². The number of aryl methyl sites for hydroxylation is 1. The lowest BCUT2D eigenvalue weighted by molar-refractivity contribution is -0.135. The van der Waals surface area contributed by atoms with Gasteiger partial charge in [-0.2, -0.15) is 5.26 Å². The molecule has 0 amide bonds. The first kappa shape index (κ1) is 21.3. The summed E-state index contributed by atoms with van der Waals surface area (Å²) in [5.41, 5.74) is 1.31. The third kappa shape index (κ3) is 5.50. The number of hydrogen-bond acceptors (Lipinski definition) is 7. The molecule has 1 heterocycles. The Kier molecular flexibility index (Phi) is 7.46. The first-order valence-corrected chi connectivity index (χ1v) is 9.00. The molecule has 0 fully saturated rings. The van der Waals surface area contributed by atoms with Crippen LogP contribution >= 0.6 is 11.8 Å². The zero-order chi connectivity index (χ0) is 20.7. The summed E-state index contributed by atoms with van der Waals surface area (Å²) in [5.74, 6) is 0.182. The van der Waals surface area contributed by atoms with Crippen molar-refractivity contribution >= 4 is 23.8 Å². The van der Waals surface area contributed by atoms with Gasteiger partial charge < -0.3 is 9.47 Å². The summed E-state index contributed by atoms with van der Waals surface area (Å²) >= 11 is 1.18. The first-order valence-electron chi connectivity index (χ1n) is 8.01. The molecule has 28 heavy (non-hydrogen) atoms. The summed E-state index contributed by atoms with van der Waals surface area (Å²) < 4.78 is 35.7. The van der Waals surface area contributed by atoms with Crippen LogP contribution in [0, 0.1) is 18.3 Å². The number of methoxy groups -OCH3 is 2. The van der Waals surface area contributed by atoms with Crippen LogP contribution in [0.5, 0.6) is 5.75 Å². The van der Waals surface area contributed by atoms with E-state index in [1.54, 1.807) is 31.2 Å². The van der Waals surface area contributed by atoms with Crippen LogP contribution in [0.15, 0.2) is 35.0 Å². The minimum atomic E-state index is -2.67. The molecule has 0 unspecified atom stereocenters. The number of carbonyl (C=O) groups is 1. The van der Waals surface area contributed by atoms with E-state index in [-0.39, 0.29) is 16.4 Å². The molecule has 0 N–H and O–H groups in total. The average molecular weight is 405 g/mol. The molecule has 0 aliphatic heterocycles. The van der Waals surface area contributed by atoms with Gasteiger partial charge in [-0.15, -0.1) is 0 Å². The van der Waals surface area contributed by atoms with Crippen molar-refractivity contribution < 1.29 is 23.0 Å². The molecule has 2 rings (SSSR count). The maximum atomic E-state index is 12.9. The van der Waals surface area contributed by atoms with Gasteiger partial charge in [-0.05, 0) is 36.8 Å². The lowest BCUT2D eigenvalue weighted by Gasteiger charge is -2.10. The fourth-order valence-electron chi connectivity index (χ4n) is 2.30. The van der Waals surface area contributed by atoms with E-state index in [0.29, 0.717) is 22.8 Å². The van der Waals surface area contributed by atoms with Crippen molar-refractivity contribution in [3.05, 3.63) is 52.4 Å². The number of benzene rings is 1. The van der Waals surface area contributed by atoms with E-state index >= 15 is 0 Å². The third-order valence-electron chi connectivity index (χ3n) is 3.58. The average Bonchev–Trinajstić information content (AvgIpc) is 2.69. The highest BCUT2D eigenvalue weighted by Gasteiger charge is 2.14. The van der Waals surface area contributed by atoms with Crippen LogP contribution in [0.3, 0.4) is 0 Å². The quantitative estimate of drug-likeness (QED) is 0.225. The van der Waals surface area contributed by atoms with E-state index in [4.69, 9.17) is 10.00 Å². The van der Waals surface area contributed by atoms with Crippen molar-refractivity contribution in [1.82, 2.24) is 9.97 Å². The van der Waals surface area contributed by atoms with Crippen LogP contribution < -0.4 is 4.74 Å². The van der Waals surface area contributed by atoms with Gasteiger partial charge in [0.1, 0.15) is 23.1 Å². The maximum absolute atomic E-state index is 12.9. The minimum Gasteiger partial charge on any atom is -0.496 e. The fraction of sp³-hybridized carbons (Fsp3) is 0.263. The van der Waals surface area contributed by atoms with Gasteiger partial charge in [0, 0.05) is 17.0 Å². The number of halogens is 2. The Hall–Kier alpha value is -2.99. The lowest BCUT2D eigenvalue weighted by Crippen LogP contribution is -2.02. The summed E-state index contributed by atoms with van der Waals surface area (Å²) in [4.78, 5) is 19.6. The van der Waals surface area contributed by atoms with E-state index in [1.807, 2.05) is 0 Å². The molecule has 1 aromatic heterocycles. The summed E-state index contributed by atoms with van der Waals surface area (Å²) in [5, 5.41) is 9.31. The van der Waals surface area contributed by atoms with Gasteiger partial charge in [-0.25, -0.2) is 23.5 Å². The molecule has 0 aliphatic carbocycles. The second-order valence-electron chi connectivity index (χ2n) is 5.54. The molecule has 9 heteroatoms. The minimum absolute atomic E-state index is 0.144. The first-order chi connectivity index (χ1) is 13.4. The van der Waals surface area contributed by atoms with Crippen molar-refractivity contribution in [2.24, 2.45) is 0 Å². The van der Waals surface area contributed by atoms with Crippen LogP contribution in [0.2, 0.25) is 0 Å². The maximum Gasteiger partial charge on any atom is 0.348 e. The van der Waals surface area contributed by atoms with Gasteiger partial charge in [0.25, 0.3) is 6.43 Å². The second kappa shape index (κ2) is 9.80. The normalized spacial score (nSPS) is 11.2. The number of rotatable bonds is 7. The molecule has 6 nitrogen and oxygen atoms in total. The van der Waals surface area contributed by atoms with Crippen molar-refractivity contribution in [2.75, 3.05) is 14.2 Å². The standard InChI is InChI=1S/C19H17F2N3O3S/c1-11-6-15(17(20)21)24-19(23-11)28-10-14-8-12(4-5-16(14)26-2)7-13(9-22)18(25)27-3/h4-8,17H,10H2,1-3H3. The molecular weight excluding hydrogens is 388 g/mol. The highest BCUT2D eigenvalue weighted by Crippen LogP contribution is 2.29. The van der Waals surface area contributed by atoms with Gasteiger partial charge in [0.15, 0.2) is 5.16 Å². The van der Waals surface area contributed by atoms with Crippen molar-refractivity contribution in [2.45, 2.75) is 24.3 Å². The van der Waals surface area contributed by atoms with E-state index in [0.717, 1.165) is 5.56 Å². The van der Waals surface area contributed by atoms with Gasteiger partial charge in [-0.3, -0.25) is 0 Å². The van der Waals surface area contributed by atoms with Gasteiger partial charge in [0.2, 0.25) is 0 Å². The molecule has 0 aliphatic rings. The number of ether oxygens (including phenoxy) is 2. The van der Waals surface area contributed by atoms with E-state index < -0.39 is 12.4 Å². The number of nitrogens with zero attached hydrogens (tertiary/aromatic N) is 3. The molecule has 2 aromatic rings. The largest absolute Gasteiger partial charge is 0.496 e. The number of aromatic nitrogens is 2. The predicted molar refractivity (Wildman–Crippen MR) is 99.9 cm³/mol. The van der Waals surface area contributed by atoms with Crippen LogP contribution in [-0.2, 0) is 15.3 Å². The number of carbonyl (C=O) groups excluding carboxylic acids is 1. The highest BCUT2D eigenvalue weighted by atomic mass is 32.2. The Morgan fingerprint density at radius 1 is 1.32 bits per heavy atom. The van der Waals surface area contributed by atoms with E-state index in [2.05, 4.69) is 14.7 Å². The zero-order valence-electron chi connectivity index (χ0n) is 15.4. The van der Waals surface area contributed by atoms with E-state index in [1.165, 1.54) is 38.1 Å². The Bertz CT molecular complexity index is 943. The number of esters is 1. The lowest BCUT2D eigenvalue weighted by atomic mass is 10.1. The summed E-state index contributed by atoms with van der Waals surface area (Å²) in [6.07, 6.45) is -1.27. The predicted octanol–water partition coefficient (Wildman–Crippen LogP) is 4.10. The Morgan fingerprint density at radius 3 is 2.68 bits per heavy atom. The topological polar surface area (TPSA) is 85.1 Å². The Morgan fingerprint density at radius 2 is 2.07 bits per heavy atom. The second-order valence-corrected chi connectivity index (χ2v) is 6.48. The Balaban J connectivity index is 2.29. The number of nitriles is 1. The number of alkyl halides is 2. The molecule has 0 bridgehead atoms. The monoisotopic (exact) mass is 405 g/mol. The van der Waals surface area contributed by atoms with Gasteiger partial charge in [-0.1, -0.05) is 17.8 Å². The molecule has 146 valence electrons. The molecular formula is C19H17F2N3O3S. The Labute approximate surface area is 165 Å². The highest BCUT2D eigenvalue weighted by molar-refractivity contribution is 7.98. The van der Waals surface area contributed by atoms with Crippen LogP contribution in [0.1, 0.15) is 28.9 Å². The zero-order valence-corrected chi connectivity index (χ0v) is 16.2. The molecule has 0 atom stereocenters. The van der Waals surface area contributed by atoms with Crippen LogP contribution in [0.4, 0.5) is 8.78 Å². The van der Waals surface area contributed by atoms with Crippen LogP contribution in [0.25, 0.3) is 6.08 Å². The van der Waals surface area contributed by atoms with Crippen molar-refractivity contribution in [3.8, 4) is 11.8 Å². The SMILES string of the molecule is COC(=O)C(C#N)=Cc1ccc(OC)c(CSc2nc(C)cc(C(F)F)n2)c1. The van der Waals surface area contributed by atoms with Crippen molar-refractivity contribution in [1.29, 1.82) is 5.26 Å².